The number of hydrogen-bond donors (Lipinski definition) is 0. The van der Waals surface area contributed by atoms with E-state index in [-0.39, 0.29) is 24.8 Å². The monoisotopic (exact) mass is 600 g/mol. The smallest absolute Gasteiger partial charge is 0.172 e. The molecule has 5 rings (SSSR count). The molecule has 0 atom stereocenters. The summed E-state index contributed by atoms with van der Waals surface area (Å²) in [5.74, 6) is 0. The van der Waals surface area contributed by atoms with Crippen molar-refractivity contribution >= 4 is 35.1 Å². The summed E-state index contributed by atoms with van der Waals surface area (Å²) in [6.07, 6.45) is 5.35. The predicted molar refractivity (Wildman–Crippen MR) is 110 cm³/mol. The second-order valence-corrected chi connectivity index (χ2v) is 9.60. The van der Waals surface area contributed by atoms with Gasteiger partial charge >= 0.3 is 46.7 Å². The fourth-order valence-electron chi connectivity index (χ4n) is 2.74. The molecule has 0 N–H and O–H groups in total. The van der Waals surface area contributed by atoms with Gasteiger partial charge in [-0.25, -0.2) is 12.1 Å². The van der Waals surface area contributed by atoms with Gasteiger partial charge in [-0.2, -0.15) is 36.4 Å². The van der Waals surface area contributed by atoms with Gasteiger partial charge in [0.25, 0.3) is 0 Å². The summed E-state index contributed by atoms with van der Waals surface area (Å²) in [6.45, 7) is 0. The third kappa shape index (κ3) is 7.44. The largest absolute Gasteiger partial charge is 0.214 e. The van der Waals surface area contributed by atoms with Crippen molar-refractivity contribution in [2.45, 2.75) is 25.7 Å². The van der Waals surface area contributed by atoms with E-state index in [0.29, 0.717) is 0 Å². The SMILES string of the molecule is Brc1[c-]c2c(cc1)-c1ccc(Br)cc1C2.[Cl-].[Cl-].[Zr+2]=[C]1CCC1.c1cc[cH-]c1. The number of benzene rings is 2. The Morgan fingerprint density at radius 2 is 1.56 bits per heavy atom. The van der Waals surface area contributed by atoms with Crippen LogP contribution in [0.25, 0.3) is 11.1 Å². The van der Waals surface area contributed by atoms with Crippen molar-refractivity contribution in [1.29, 1.82) is 0 Å². The van der Waals surface area contributed by atoms with Crippen molar-refractivity contribution in [3.63, 3.8) is 0 Å². The quantitative estimate of drug-likeness (QED) is 0.262. The van der Waals surface area contributed by atoms with E-state index in [9.17, 15) is 0 Å². The summed E-state index contributed by atoms with van der Waals surface area (Å²) in [7, 11) is 0. The van der Waals surface area contributed by atoms with E-state index < -0.39 is 0 Å². The number of fused-ring (bicyclic) bond motifs is 3. The minimum absolute atomic E-state index is 0. The van der Waals surface area contributed by atoms with Gasteiger partial charge < -0.3 is 24.8 Å². The van der Waals surface area contributed by atoms with Crippen LogP contribution >= 0.6 is 31.9 Å². The van der Waals surface area contributed by atoms with Crippen LogP contribution in [-0.2, 0) is 30.7 Å². The molecule has 1 fully saturated rings. The Morgan fingerprint density at radius 3 is 2.07 bits per heavy atom. The summed E-state index contributed by atoms with van der Waals surface area (Å²) in [5.41, 5.74) is 5.34. The van der Waals surface area contributed by atoms with E-state index in [0.717, 1.165) is 15.4 Å². The summed E-state index contributed by atoms with van der Waals surface area (Å²) in [5, 5.41) is 0. The van der Waals surface area contributed by atoms with Crippen LogP contribution in [0, 0.1) is 6.07 Å². The molecule has 27 heavy (non-hydrogen) atoms. The van der Waals surface area contributed by atoms with Crippen LogP contribution in [0.1, 0.15) is 30.4 Å². The number of halogens is 4. The summed E-state index contributed by atoms with van der Waals surface area (Å²) < 4.78 is 3.96. The second-order valence-electron chi connectivity index (χ2n) is 6.10. The Hall–Kier alpha value is 0.0831. The molecule has 0 aliphatic heterocycles. The van der Waals surface area contributed by atoms with E-state index >= 15 is 0 Å². The van der Waals surface area contributed by atoms with Gasteiger partial charge in [0.2, 0.25) is 0 Å². The minimum Gasteiger partial charge on any atom is -0.214 e. The standard InChI is InChI=1S/C13H7Br2.C5H5.C4H6.2ClH.Zr/c14-10-1-3-12-8(6-10)5-9-7-11(15)2-4-13(9)12;1-2-4-5-3-1;1-2-4-3-1;;;/h1-4,6H,5H2;1-5H;1-3H2;2*1H;/q2*-1;;;;+2/p-2. The molecular formula is C22H18Br2Cl2Zr-2. The molecule has 0 unspecified atom stereocenters. The molecule has 0 radical (unpaired) electrons. The van der Waals surface area contributed by atoms with E-state index in [4.69, 9.17) is 0 Å². The minimum atomic E-state index is 0. The molecule has 0 heterocycles. The molecule has 1 saturated carbocycles. The van der Waals surface area contributed by atoms with Crippen LogP contribution in [0.15, 0.2) is 69.6 Å². The van der Waals surface area contributed by atoms with Crippen molar-refractivity contribution in [3.05, 3.63) is 86.8 Å². The van der Waals surface area contributed by atoms with Gasteiger partial charge in [0.05, 0.1) is 0 Å². The van der Waals surface area contributed by atoms with Crippen molar-refractivity contribution in [2.75, 3.05) is 0 Å². The van der Waals surface area contributed by atoms with Gasteiger partial charge in [0, 0.05) is 4.47 Å². The Labute approximate surface area is 205 Å². The third-order valence-corrected chi connectivity index (χ3v) is 6.41. The molecule has 2 aliphatic rings. The fourth-order valence-corrected chi connectivity index (χ4v) is 4.39. The van der Waals surface area contributed by atoms with Gasteiger partial charge in [-0.3, -0.25) is 0 Å². The molecule has 0 nitrogen and oxygen atoms in total. The van der Waals surface area contributed by atoms with Gasteiger partial charge in [-0.15, -0.1) is 11.1 Å². The van der Waals surface area contributed by atoms with Gasteiger partial charge in [-0.05, 0) is 24.1 Å². The number of rotatable bonds is 0. The van der Waals surface area contributed by atoms with Crippen LogP contribution in [0.2, 0.25) is 0 Å². The Kier molecular flexibility index (Phi) is 11.7. The molecular weight excluding hydrogens is 586 g/mol. The molecule has 0 spiro atoms. The van der Waals surface area contributed by atoms with E-state index in [1.807, 2.05) is 30.3 Å². The summed E-state index contributed by atoms with van der Waals surface area (Å²) in [4.78, 5) is 0. The first kappa shape index (κ1) is 25.1. The van der Waals surface area contributed by atoms with E-state index in [1.54, 1.807) is 27.4 Å². The first-order chi connectivity index (χ1) is 12.1. The second kappa shape index (κ2) is 12.6. The zero-order chi connectivity index (χ0) is 17.6. The molecule has 3 aromatic carbocycles. The van der Waals surface area contributed by atoms with Gasteiger partial charge in [-0.1, -0.05) is 48.0 Å². The number of hydrogen-bond acceptors (Lipinski definition) is 0. The first-order valence-electron chi connectivity index (χ1n) is 8.36. The molecule has 0 aromatic heterocycles. The zero-order valence-electron chi connectivity index (χ0n) is 14.6. The fraction of sp³-hybridized carbons (Fsp3) is 0.182. The molecule has 5 heteroatoms. The van der Waals surface area contributed by atoms with Crippen LogP contribution in [0.3, 0.4) is 0 Å². The third-order valence-electron chi connectivity index (χ3n) is 4.23. The molecule has 0 amide bonds. The summed E-state index contributed by atoms with van der Waals surface area (Å²) >= 11 is 8.64. The van der Waals surface area contributed by atoms with Crippen LogP contribution in [0.5, 0.6) is 0 Å². The Morgan fingerprint density at radius 1 is 0.926 bits per heavy atom. The van der Waals surface area contributed by atoms with Gasteiger partial charge in [0.15, 0.2) is 0 Å². The molecule has 0 saturated heterocycles. The maximum atomic E-state index is 3.50. The normalized spacial score (nSPS) is 12.5. The first-order valence-corrected chi connectivity index (χ1v) is 11.2. The van der Waals surface area contributed by atoms with E-state index in [2.05, 4.69) is 68.3 Å². The maximum Gasteiger partial charge on any atom is -0.172 e. The topological polar surface area (TPSA) is 0 Å². The summed E-state index contributed by atoms with van der Waals surface area (Å²) in [6, 6.07) is 24.0. The van der Waals surface area contributed by atoms with Crippen molar-refractivity contribution in [2.24, 2.45) is 0 Å². The maximum absolute atomic E-state index is 3.50. The van der Waals surface area contributed by atoms with Crippen molar-refractivity contribution in [3.8, 4) is 11.1 Å². The van der Waals surface area contributed by atoms with Crippen LogP contribution < -0.4 is 24.8 Å². The van der Waals surface area contributed by atoms with Crippen LogP contribution in [0.4, 0.5) is 0 Å². The van der Waals surface area contributed by atoms with Crippen molar-refractivity contribution in [1.82, 2.24) is 0 Å². The van der Waals surface area contributed by atoms with Crippen molar-refractivity contribution < 1.29 is 49.0 Å². The average molecular weight is 604 g/mol. The molecule has 2 aliphatic carbocycles. The molecule has 140 valence electrons. The van der Waals surface area contributed by atoms with Crippen LogP contribution in [-0.4, -0.2) is 3.21 Å². The predicted octanol–water partition coefficient (Wildman–Crippen LogP) is 0.886. The molecule has 0 bridgehead atoms. The Balaban J connectivity index is 0.000000253. The van der Waals surface area contributed by atoms with Gasteiger partial charge in [0.1, 0.15) is 0 Å². The zero-order valence-corrected chi connectivity index (χ0v) is 21.8. The van der Waals surface area contributed by atoms with E-state index in [1.165, 1.54) is 41.5 Å². The Bertz CT molecular complexity index is 788. The average Bonchev–Trinajstić information content (AvgIpc) is 3.23. The molecule has 3 aromatic rings.